The highest BCUT2D eigenvalue weighted by atomic mass is 16.3. The zero-order valence-electron chi connectivity index (χ0n) is 8.03. The van der Waals surface area contributed by atoms with Crippen molar-refractivity contribution in [2.75, 3.05) is 13.1 Å². The van der Waals surface area contributed by atoms with Crippen molar-refractivity contribution in [1.82, 2.24) is 5.01 Å². The molecule has 0 spiro atoms. The van der Waals surface area contributed by atoms with E-state index in [1.807, 2.05) is 5.01 Å². The van der Waals surface area contributed by atoms with E-state index < -0.39 is 0 Å². The molecule has 3 N–H and O–H groups in total. The Morgan fingerprint density at radius 3 is 2.25 bits per heavy atom. The van der Waals surface area contributed by atoms with Gasteiger partial charge in [-0.15, -0.1) is 0 Å². The quantitative estimate of drug-likeness (QED) is 0.599. The molecule has 1 aliphatic heterocycles. The van der Waals surface area contributed by atoms with Crippen LogP contribution in [0, 0.1) is 11.8 Å². The second-order valence-electron chi connectivity index (χ2n) is 4.11. The predicted octanol–water partition coefficient (Wildman–Crippen LogP) is 0.589. The van der Waals surface area contributed by atoms with E-state index in [9.17, 15) is 5.11 Å². The van der Waals surface area contributed by atoms with Crippen LogP contribution in [-0.4, -0.2) is 29.3 Å². The molecule has 1 rings (SSSR count). The minimum atomic E-state index is -0.140. The van der Waals surface area contributed by atoms with E-state index in [1.54, 1.807) is 0 Å². The van der Waals surface area contributed by atoms with Gasteiger partial charge in [-0.1, -0.05) is 13.8 Å². The van der Waals surface area contributed by atoms with Crippen LogP contribution in [0.2, 0.25) is 0 Å². The molecule has 12 heavy (non-hydrogen) atoms. The van der Waals surface area contributed by atoms with Crippen LogP contribution in [0.25, 0.3) is 0 Å². The molecular weight excluding hydrogens is 152 g/mol. The number of hydrazine groups is 1. The summed E-state index contributed by atoms with van der Waals surface area (Å²) in [6, 6.07) is 0. The minimum Gasteiger partial charge on any atom is -0.393 e. The van der Waals surface area contributed by atoms with E-state index >= 15 is 0 Å². The fraction of sp³-hybridized carbons (Fsp3) is 1.00. The predicted molar refractivity (Wildman–Crippen MR) is 49.3 cm³/mol. The molecule has 1 fully saturated rings. The van der Waals surface area contributed by atoms with Crippen LogP contribution in [0.5, 0.6) is 0 Å². The molecule has 0 aromatic rings. The zero-order chi connectivity index (χ0) is 9.14. The Bertz CT molecular complexity index is 130. The maximum atomic E-state index is 9.78. The van der Waals surface area contributed by atoms with Crippen LogP contribution in [-0.2, 0) is 0 Å². The summed E-state index contributed by atoms with van der Waals surface area (Å²) in [5, 5.41) is 11.6. The smallest absolute Gasteiger partial charge is 0.0592 e. The first-order chi connectivity index (χ1) is 5.61. The number of rotatable bonds is 2. The van der Waals surface area contributed by atoms with Gasteiger partial charge in [0.2, 0.25) is 0 Å². The van der Waals surface area contributed by atoms with Crippen molar-refractivity contribution in [3.8, 4) is 0 Å². The Morgan fingerprint density at radius 1 is 1.33 bits per heavy atom. The van der Waals surface area contributed by atoms with Crippen molar-refractivity contribution in [2.24, 2.45) is 17.7 Å². The standard InChI is InChI=1S/C9H20N2O/c1-7(2)9(12)8-3-5-11(10)6-4-8/h7-9,12H,3-6,10H2,1-2H3. The first-order valence-electron chi connectivity index (χ1n) is 4.79. The van der Waals surface area contributed by atoms with Gasteiger partial charge >= 0.3 is 0 Å². The lowest BCUT2D eigenvalue weighted by molar-refractivity contribution is 0.0284. The normalized spacial score (nSPS) is 24.8. The Hall–Kier alpha value is -0.120. The van der Waals surface area contributed by atoms with Crippen LogP contribution >= 0.6 is 0 Å². The summed E-state index contributed by atoms with van der Waals surface area (Å²) in [5.74, 6) is 6.46. The lowest BCUT2D eigenvalue weighted by Gasteiger charge is -2.33. The molecule has 0 radical (unpaired) electrons. The molecule has 1 heterocycles. The summed E-state index contributed by atoms with van der Waals surface area (Å²) < 4.78 is 0. The Morgan fingerprint density at radius 2 is 1.83 bits per heavy atom. The molecule has 3 heteroatoms. The minimum absolute atomic E-state index is 0.140. The Labute approximate surface area is 74.5 Å². The molecule has 0 saturated carbocycles. The third kappa shape index (κ3) is 2.44. The average molecular weight is 172 g/mol. The number of aliphatic hydroxyl groups excluding tert-OH is 1. The van der Waals surface area contributed by atoms with Crippen LogP contribution in [0.4, 0.5) is 0 Å². The number of nitrogens with zero attached hydrogens (tertiary/aromatic N) is 1. The van der Waals surface area contributed by atoms with E-state index in [-0.39, 0.29) is 6.10 Å². The second kappa shape index (κ2) is 4.21. The number of hydrogen-bond acceptors (Lipinski definition) is 3. The van der Waals surface area contributed by atoms with Crippen LogP contribution in [0.1, 0.15) is 26.7 Å². The van der Waals surface area contributed by atoms with Crippen molar-refractivity contribution in [1.29, 1.82) is 0 Å². The first kappa shape index (κ1) is 9.96. The summed E-state index contributed by atoms with van der Waals surface area (Å²) in [7, 11) is 0. The van der Waals surface area contributed by atoms with Gasteiger partial charge in [0.1, 0.15) is 0 Å². The number of hydrogen-bond donors (Lipinski definition) is 2. The van der Waals surface area contributed by atoms with E-state index in [0.29, 0.717) is 11.8 Å². The average Bonchev–Trinajstić information content (AvgIpc) is 2.04. The van der Waals surface area contributed by atoms with Gasteiger partial charge < -0.3 is 5.11 Å². The second-order valence-corrected chi connectivity index (χ2v) is 4.11. The molecule has 72 valence electrons. The van der Waals surface area contributed by atoms with Crippen molar-refractivity contribution in [3.63, 3.8) is 0 Å². The van der Waals surface area contributed by atoms with E-state index in [2.05, 4.69) is 13.8 Å². The third-order valence-corrected chi connectivity index (χ3v) is 2.74. The fourth-order valence-electron chi connectivity index (χ4n) is 1.81. The lowest BCUT2D eigenvalue weighted by atomic mass is 9.86. The summed E-state index contributed by atoms with van der Waals surface area (Å²) in [4.78, 5) is 0. The molecule has 0 aromatic carbocycles. The highest BCUT2D eigenvalue weighted by molar-refractivity contribution is 4.77. The third-order valence-electron chi connectivity index (χ3n) is 2.74. The van der Waals surface area contributed by atoms with Crippen molar-refractivity contribution >= 4 is 0 Å². The van der Waals surface area contributed by atoms with E-state index in [0.717, 1.165) is 25.9 Å². The maximum absolute atomic E-state index is 9.78. The molecule has 0 aromatic heterocycles. The van der Waals surface area contributed by atoms with Crippen molar-refractivity contribution < 1.29 is 5.11 Å². The molecule has 1 saturated heterocycles. The summed E-state index contributed by atoms with van der Waals surface area (Å²) in [6.07, 6.45) is 1.93. The van der Waals surface area contributed by atoms with Gasteiger partial charge in [-0.2, -0.15) is 0 Å². The lowest BCUT2D eigenvalue weighted by Crippen LogP contribution is -2.42. The van der Waals surface area contributed by atoms with Gasteiger partial charge in [0, 0.05) is 13.1 Å². The summed E-state index contributed by atoms with van der Waals surface area (Å²) in [6.45, 7) is 5.99. The molecule has 0 bridgehead atoms. The monoisotopic (exact) mass is 172 g/mol. The Kier molecular flexibility index (Phi) is 3.50. The SMILES string of the molecule is CC(C)C(O)C1CCN(N)CC1. The molecule has 1 unspecified atom stereocenters. The van der Waals surface area contributed by atoms with Crippen LogP contribution < -0.4 is 5.84 Å². The maximum Gasteiger partial charge on any atom is 0.0592 e. The largest absolute Gasteiger partial charge is 0.393 e. The Balaban J connectivity index is 2.34. The van der Waals surface area contributed by atoms with Crippen molar-refractivity contribution in [3.05, 3.63) is 0 Å². The molecule has 0 amide bonds. The van der Waals surface area contributed by atoms with Crippen LogP contribution in [0.15, 0.2) is 0 Å². The number of nitrogens with two attached hydrogens (primary N) is 1. The summed E-state index contributed by atoms with van der Waals surface area (Å²) in [5.41, 5.74) is 0. The van der Waals surface area contributed by atoms with E-state index in [1.165, 1.54) is 0 Å². The molecule has 1 atom stereocenters. The van der Waals surface area contributed by atoms with Gasteiger partial charge in [0.05, 0.1) is 6.10 Å². The fourth-order valence-corrected chi connectivity index (χ4v) is 1.81. The van der Waals surface area contributed by atoms with Crippen LogP contribution in [0.3, 0.4) is 0 Å². The zero-order valence-corrected chi connectivity index (χ0v) is 8.03. The van der Waals surface area contributed by atoms with Gasteiger partial charge in [-0.3, -0.25) is 5.84 Å². The molecule has 3 nitrogen and oxygen atoms in total. The molecular formula is C9H20N2O. The van der Waals surface area contributed by atoms with Crippen molar-refractivity contribution in [2.45, 2.75) is 32.8 Å². The first-order valence-corrected chi connectivity index (χ1v) is 4.79. The topological polar surface area (TPSA) is 49.5 Å². The van der Waals surface area contributed by atoms with Gasteiger partial charge in [0.15, 0.2) is 0 Å². The van der Waals surface area contributed by atoms with Gasteiger partial charge in [-0.25, -0.2) is 5.01 Å². The number of aliphatic hydroxyl groups is 1. The summed E-state index contributed by atoms with van der Waals surface area (Å²) >= 11 is 0. The highest BCUT2D eigenvalue weighted by Gasteiger charge is 2.25. The molecule has 0 aliphatic carbocycles. The highest BCUT2D eigenvalue weighted by Crippen LogP contribution is 2.23. The van der Waals surface area contributed by atoms with E-state index in [4.69, 9.17) is 5.84 Å². The van der Waals surface area contributed by atoms with Gasteiger partial charge in [0.25, 0.3) is 0 Å². The molecule has 1 aliphatic rings. The number of piperidine rings is 1. The van der Waals surface area contributed by atoms with Gasteiger partial charge in [-0.05, 0) is 24.7 Å².